The lowest BCUT2D eigenvalue weighted by Gasteiger charge is -2.08. The molecule has 0 heterocycles. The number of benzene rings is 2. The largest absolute Gasteiger partial charge is 0.497 e. The van der Waals surface area contributed by atoms with Crippen LogP contribution in [0.5, 0.6) is 11.5 Å². The summed E-state index contributed by atoms with van der Waals surface area (Å²) in [6, 6.07) is 14.7. The topological polar surface area (TPSA) is 76.7 Å². The highest BCUT2D eigenvalue weighted by molar-refractivity contribution is 7.99. The van der Waals surface area contributed by atoms with Crippen LogP contribution in [0.15, 0.2) is 53.4 Å². The lowest BCUT2D eigenvalue weighted by molar-refractivity contribution is -0.123. The van der Waals surface area contributed by atoms with Gasteiger partial charge in [-0.1, -0.05) is 0 Å². The van der Waals surface area contributed by atoms with Crippen molar-refractivity contribution < 1.29 is 19.1 Å². The molecule has 0 radical (unpaired) electrons. The van der Waals surface area contributed by atoms with E-state index in [4.69, 9.17) is 9.47 Å². The molecule has 6 nitrogen and oxygen atoms in total. The van der Waals surface area contributed by atoms with Gasteiger partial charge in [-0.25, -0.2) is 0 Å². The number of nitrogens with one attached hydrogen (secondary N) is 2. The quantitative estimate of drug-likeness (QED) is 0.611. The molecule has 0 aliphatic carbocycles. The van der Waals surface area contributed by atoms with E-state index in [1.807, 2.05) is 31.2 Å². The molecule has 7 heteroatoms. The number of carbonyl (C=O) groups is 2. The summed E-state index contributed by atoms with van der Waals surface area (Å²) in [7, 11) is 1.63. The first-order valence-electron chi connectivity index (χ1n) is 8.67. The Morgan fingerprint density at radius 1 is 0.963 bits per heavy atom. The molecule has 0 bridgehead atoms. The maximum Gasteiger partial charge on any atom is 0.257 e. The molecule has 2 amide bonds. The zero-order valence-electron chi connectivity index (χ0n) is 15.5. The number of ether oxygens (including phenoxy) is 2. The van der Waals surface area contributed by atoms with Crippen LogP contribution in [0.4, 0.5) is 5.69 Å². The van der Waals surface area contributed by atoms with Crippen molar-refractivity contribution in [3.05, 3.63) is 48.5 Å². The Labute approximate surface area is 163 Å². The third-order valence-electron chi connectivity index (χ3n) is 3.54. The van der Waals surface area contributed by atoms with Gasteiger partial charge in [0.15, 0.2) is 6.61 Å². The molecular formula is C20H24N2O4S. The van der Waals surface area contributed by atoms with Gasteiger partial charge in [-0.15, -0.1) is 11.8 Å². The average molecular weight is 388 g/mol. The third-order valence-corrected chi connectivity index (χ3v) is 4.55. The lowest BCUT2D eigenvalue weighted by atomic mass is 10.3. The first-order valence-corrected chi connectivity index (χ1v) is 9.65. The van der Waals surface area contributed by atoms with Crippen LogP contribution in [-0.2, 0) is 9.59 Å². The van der Waals surface area contributed by atoms with Crippen molar-refractivity contribution >= 4 is 29.3 Å². The molecule has 0 aliphatic rings. The van der Waals surface area contributed by atoms with Crippen LogP contribution < -0.4 is 20.1 Å². The van der Waals surface area contributed by atoms with Gasteiger partial charge in [0.05, 0.1) is 7.11 Å². The number of carbonyl (C=O) groups excluding carboxylic acids is 2. The lowest BCUT2D eigenvalue weighted by Crippen LogP contribution is -2.28. The highest BCUT2D eigenvalue weighted by Gasteiger charge is 2.05. The number of thioether (sulfide) groups is 1. The minimum absolute atomic E-state index is 0.0257. The van der Waals surface area contributed by atoms with E-state index in [2.05, 4.69) is 10.6 Å². The number of methoxy groups -OCH3 is 1. The predicted octanol–water partition coefficient (Wildman–Crippen LogP) is 3.33. The van der Waals surface area contributed by atoms with E-state index >= 15 is 0 Å². The van der Waals surface area contributed by atoms with Crippen molar-refractivity contribution in [3.8, 4) is 11.5 Å². The summed E-state index contributed by atoms with van der Waals surface area (Å²) in [5, 5.41) is 5.51. The Bertz CT molecular complexity index is 733. The first kappa shape index (κ1) is 20.6. The number of likely N-dealkylation sites (N-methyl/N-ethyl adjacent to an activating group) is 1. The second-order valence-electron chi connectivity index (χ2n) is 5.59. The summed E-state index contributed by atoms with van der Waals surface area (Å²) in [5.74, 6) is 1.87. The molecule has 0 aromatic heterocycles. The van der Waals surface area contributed by atoms with Gasteiger partial charge in [-0.2, -0.15) is 0 Å². The van der Waals surface area contributed by atoms with Crippen LogP contribution in [0.25, 0.3) is 0 Å². The summed E-state index contributed by atoms with van der Waals surface area (Å²) >= 11 is 1.62. The van der Waals surface area contributed by atoms with Crippen LogP contribution in [0, 0.1) is 0 Å². The molecule has 0 saturated heterocycles. The standard InChI is InChI=1S/C20H24N2O4S/c1-3-21-20(24)14-26-17-6-4-15(5-7-17)22-19(23)12-13-27-18-10-8-16(25-2)9-11-18/h4-11H,3,12-14H2,1-2H3,(H,21,24)(H,22,23). The molecule has 0 atom stereocenters. The predicted molar refractivity (Wildman–Crippen MR) is 108 cm³/mol. The van der Waals surface area contributed by atoms with Crippen LogP contribution >= 0.6 is 11.8 Å². The zero-order chi connectivity index (χ0) is 19.5. The molecular weight excluding hydrogens is 364 g/mol. The van der Waals surface area contributed by atoms with E-state index in [0.29, 0.717) is 30.2 Å². The molecule has 2 rings (SSSR count). The first-order chi connectivity index (χ1) is 13.1. The second-order valence-corrected chi connectivity index (χ2v) is 6.76. The van der Waals surface area contributed by atoms with E-state index < -0.39 is 0 Å². The summed E-state index contributed by atoms with van der Waals surface area (Å²) in [4.78, 5) is 24.5. The van der Waals surface area contributed by atoms with Gasteiger partial charge in [0.2, 0.25) is 5.91 Å². The molecule has 0 fully saturated rings. The summed E-state index contributed by atoms with van der Waals surface area (Å²) in [6.45, 7) is 2.40. The van der Waals surface area contributed by atoms with Crippen molar-refractivity contribution in [3.63, 3.8) is 0 Å². The average Bonchev–Trinajstić information content (AvgIpc) is 2.68. The number of rotatable bonds is 10. The normalized spacial score (nSPS) is 10.1. The molecule has 0 aliphatic heterocycles. The van der Waals surface area contributed by atoms with Gasteiger partial charge < -0.3 is 20.1 Å². The van der Waals surface area contributed by atoms with Gasteiger partial charge >= 0.3 is 0 Å². The highest BCUT2D eigenvalue weighted by Crippen LogP contribution is 2.22. The molecule has 0 spiro atoms. The SMILES string of the molecule is CCNC(=O)COc1ccc(NC(=O)CCSc2ccc(OC)cc2)cc1. The van der Waals surface area contributed by atoms with E-state index in [1.54, 1.807) is 43.1 Å². The summed E-state index contributed by atoms with van der Waals surface area (Å²) in [5.41, 5.74) is 0.694. The second kappa shape index (κ2) is 11.1. The molecule has 144 valence electrons. The van der Waals surface area contributed by atoms with Gasteiger partial charge in [0.25, 0.3) is 5.91 Å². The van der Waals surface area contributed by atoms with Gasteiger partial charge in [-0.3, -0.25) is 9.59 Å². The van der Waals surface area contributed by atoms with Crippen LogP contribution in [0.1, 0.15) is 13.3 Å². The summed E-state index contributed by atoms with van der Waals surface area (Å²) < 4.78 is 10.5. The minimum Gasteiger partial charge on any atom is -0.497 e. The maximum absolute atomic E-state index is 12.0. The van der Waals surface area contributed by atoms with Crippen molar-refractivity contribution in [2.75, 3.05) is 31.3 Å². The molecule has 2 aromatic carbocycles. The fraction of sp³-hybridized carbons (Fsp3) is 0.300. The minimum atomic E-state index is -0.163. The number of hydrogen-bond acceptors (Lipinski definition) is 5. The Kier molecular flexibility index (Phi) is 8.51. The van der Waals surface area contributed by atoms with Crippen LogP contribution in [0.3, 0.4) is 0 Å². The van der Waals surface area contributed by atoms with Crippen LogP contribution in [-0.4, -0.2) is 37.8 Å². The number of amides is 2. The third kappa shape index (κ3) is 7.62. The fourth-order valence-electron chi connectivity index (χ4n) is 2.19. The fourth-order valence-corrected chi connectivity index (χ4v) is 3.04. The van der Waals surface area contributed by atoms with E-state index in [-0.39, 0.29) is 18.4 Å². The Morgan fingerprint density at radius 3 is 2.26 bits per heavy atom. The Hall–Kier alpha value is -2.67. The van der Waals surface area contributed by atoms with E-state index in [9.17, 15) is 9.59 Å². The Balaban J connectivity index is 1.70. The molecule has 0 saturated carbocycles. The van der Waals surface area contributed by atoms with Gasteiger partial charge in [0.1, 0.15) is 11.5 Å². The molecule has 2 N–H and O–H groups in total. The van der Waals surface area contributed by atoms with Crippen molar-refractivity contribution in [1.29, 1.82) is 0 Å². The molecule has 2 aromatic rings. The number of anilines is 1. The molecule has 27 heavy (non-hydrogen) atoms. The van der Waals surface area contributed by atoms with E-state index in [0.717, 1.165) is 10.6 Å². The van der Waals surface area contributed by atoms with Gasteiger partial charge in [-0.05, 0) is 55.5 Å². The monoisotopic (exact) mass is 388 g/mol. The van der Waals surface area contributed by atoms with Gasteiger partial charge in [0, 0.05) is 29.3 Å². The van der Waals surface area contributed by atoms with E-state index in [1.165, 1.54) is 0 Å². The number of hydrogen-bond donors (Lipinski definition) is 2. The van der Waals surface area contributed by atoms with Crippen LogP contribution in [0.2, 0.25) is 0 Å². The smallest absolute Gasteiger partial charge is 0.257 e. The van der Waals surface area contributed by atoms with Crippen molar-refractivity contribution in [2.24, 2.45) is 0 Å². The van der Waals surface area contributed by atoms with Crippen molar-refractivity contribution in [2.45, 2.75) is 18.2 Å². The molecule has 0 unspecified atom stereocenters. The highest BCUT2D eigenvalue weighted by atomic mass is 32.2. The maximum atomic E-state index is 12.0. The Morgan fingerprint density at radius 2 is 1.63 bits per heavy atom. The summed E-state index contributed by atoms with van der Waals surface area (Å²) in [6.07, 6.45) is 0.409. The zero-order valence-corrected chi connectivity index (χ0v) is 16.3. The van der Waals surface area contributed by atoms with Crippen molar-refractivity contribution in [1.82, 2.24) is 5.32 Å².